The van der Waals surface area contributed by atoms with Crippen molar-refractivity contribution in [3.8, 4) is 0 Å². The average molecular weight is 451 g/mol. The van der Waals surface area contributed by atoms with Crippen LogP contribution in [-0.4, -0.2) is 65.4 Å². The highest BCUT2D eigenvalue weighted by molar-refractivity contribution is 7.99. The number of benzene rings is 1. The van der Waals surface area contributed by atoms with Gasteiger partial charge in [-0.05, 0) is 25.5 Å². The average Bonchev–Trinajstić information content (AvgIpc) is 2.72. The van der Waals surface area contributed by atoms with E-state index in [4.69, 9.17) is 0 Å². The molecule has 1 aliphatic heterocycles. The Bertz CT molecular complexity index is 1040. The molecule has 0 unspecified atom stereocenters. The number of hydrogen-bond donors (Lipinski definition) is 1. The Morgan fingerprint density at radius 2 is 1.83 bits per heavy atom. The van der Waals surface area contributed by atoms with Crippen molar-refractivity contribution in [3.05, 3.63) is 51.9 Å². The second-order valence-corrected chi connectivity index (χ2v) is 10.1. The molecule has 0 aliphatic carbocycles. The van der Waals surface area contributed by atoms with Crippen molar-refractivity contribution < 1.29 is 13.2 Å². The Balaban J connectivity index is 1.55. The Morgan fingerprint density at radius 1 is 1.17 bits per heavy atom. The van der Waals surface area contributed by atoms with E-state index in [1.807, 2.05) is 13.8 Å². The van der Waals surface area contributed by atoms with Gasteiger partial charge in [0.25, 0.3) is 5.56 Å². The Labute approximate surface area is 180 Å². The van der Waals surface area contributed by atoms with Crippen molar-refractivity contribution >= 4 is 27.7 Å². The van der Waals surface area contributed by atoms with Gasteiger partial charge in [-0.1, -0.05) is 42.8 Å². The molecule has 8 nitrogen and oxygen atoms in total. The maximum absolute atomic E-state index is 12.8. The molecule has 2 heterocycles. The topological polar surface area (TPSA) is 103 Å². The number of aromatic amines is 1. The summed E-state index contributed by atoms with van der Waals surface area (Å²) in [6, 6.07) is 8.25. The first-order valence-corrected chi connectivity index (χ1v) is 12.3. The third-order valence-electron chi connectivity index (χ3n) is 4.86. The number of thioether (sulfide) groups is 1. The summed E-state index contributed by atoms with van der Waals surface area (Å²) in [6.07, 6.45) is 1.60. The number of sulfonamides is 1. The van der Waals surface area contributed by atoms with Crippen molar-refractivity contribution in [2.24, 2.45) is 0 Å². The summed E-state index contributed by atoms with van der Waals surface area (Å²) >= 11 is 1.19. The Hall–Kier alpha value is -2.17. The van der Waals surface area contributed by atoms with Gasteiger partial charge < -0.3 is 9.88 Å². The van der Waals surface area contributed by atoms with Gasteiger partial charge >= 0.3 is 0 Å². The maximum atomic E-state index is 12.8. The zero-order valence-corrected chi connectivity index (χ0v) is 18.8. The number of rotatable bonds is 7. The van der Waals surface area contributed by atoms with Crippen LogP contribution in [-0.2, 0) is 21.2 Å². The van der Waals surface area contributed by atoms with Crippen LogP contribution in [0.1, 0.15) is 24.6 Å². The van der Waals surface area contributed by atoms with Gasteiger partial charge in [-0.15, -0.1) is 0 Å². The van der Waals surface area contributed by atoms with E-state index in [-0.39, 0.29) is 35.2 Å². The predicted molar refractivity (Wildman–Crippen MR) is 116 cm³/mol. The van der Waals surface area contributed by atoms with E-state index < -0.39 is 10.0 Å². The van der Waals surface area contributed by atoms with Crippen LogP contribution in [0.25, 0.3) is 0 Å². The molecule has 0 bridgehead atoms. The van der Waals surface area contributed by atoms with E-state index in [0.29, 0.717) is 30.4 Å². The van der Waals surface area contributed by atoms with Crippen molar-refractivity contribution in [1.82, 2.24) is 19.2 Å². The molecule has 1 fully saturated rings. The third kappa shape index (κ3) is 5.50. The number of amides is 1. The fourth-order valence-electron chi connectivity index (χ4n) is 3.19. The number of nitrogens with one attached hydrogen (secondary N) is 1. The molecule has 1 N–H and O–H groups in total. The lowest BCUT2D eigenvalue weighted by Gasteiger charge is -2.34. The van der Waals surface area contributed by atoms with Crippen molar-refractivity contribution in [2.75, 3.05) is 31.9 Å². The molecule has 30 heavy (non-hydrogen) atoms. The highest BCUT2D eigenvalue weighted by atomic mass is 32.2. The molecule has 10 heteroatoms. The third-order valence-corrected chi connectivity index (χ3v) is 7.63. The molecule has 0 saturated carbocycles. The van der Waals surface area contributed by atoms with Crippen LogP contribution in [0.5, 0.6) is 0 Å². The van der Waals surface area contributed by atoms with Crippen LogP contribution in [0.15, 0.2) is 45.2 Å². The van der Waals surface area contributed by atoms with Crippen LogP contribution >= 0.6 is 11.8 Å². The van der Waals surface area contributed by atoms with Gasteiger partial charge in [-0.25, -0.2) is 13.4 Å². The summed E-state index contributed by atoms with van der Waals surface area (Å²) in [6.45, 7) is 5.11. The van der Waals surface area contributed by atoms with Crippen LogP contribution in [0.2, 0.25) is 0 Å². The number of nitrogens with zero attached hydrogens (tertiary/aromatic N) is 3. The van der Waals surface area contributed by atoms with E-state index in [0.717, 1.165) is 12.0 Å². The summed E-state index contributed by atoms with van der Waals surface area (Å²) in [5.74, 6) is 0.0411. The van der Waals surface area contributed by atoms with Gasteiger partial charge in [0, 0.05) is 37.9 Å². The number of piperazine rings is 1. The molecule has 2 aromatic rings. The standard InChI is InChI=1S/C20H26N4O4S2/c1-3-4-16-13-18(25)22-20(21-16)29-14-19(26)23-9-11-24(12-10-23)30(27,28)17-7-5-15(2)6-8-17/h5-8,13H,3-4,9-12,14H2,1-2H3,(H,21,22,25). The predicted octanol–water partition coefficient (Wildman–Crippen LogP) is 1.66. The zero-order chi connectivity index (χ0) is 21.7. The number of aryl methyl sites for hydroxylation is 2. The SMILES string of the molecule is CCCc1cc(=O)[nH]c(SCC(=O)N2CCN(S(=O)(=O)c3ccc(C)cc3)CC2)n1. The van der Waals surface area contributed by atoms with E-state index in [1.54, 1.807) is 29.2 Å². The monoisotopic (exact) mass is 450 g/mol. The van der Waals surface area contributed by atoms with Crippen LogP contribution in [0.4, 0.5) is 0 Å². The summed E-state index contributed by atoms with van der Waals surface area (Å²) in [7, 11) is -3.56. The quantitative estimate of drug-likeness (QED) is 0.508. The number of carbonyl (C=O) groups is 1. The first-order valence-electron chi connectivity index (χ1n) is 9.87. The number of hydrogen-bond acceptors (Lipinski definition) is 6. The normalized spacial score (nSPS) is 15.3. The second kappa shape index (κ2) is 9.76. The molecule has 1 aliphatic rings. The maximum Gasteiger partial charge on any atom is 0.251 e. The number of H-pyrrole nitrogens is 1. The van der Waals surface area contributed by atoms with Crippen molar-refractivity contribution in [1.29, 1.82) is 0 Å². The zero-order valence-electron chi connectivity index (χ0n) is 17.1. The Kier molecular flexibility index (Phi) is 7.32. The van der Waals surface area contributed by atoms with Crippen molar-refractivity contribution in [2.45, 2.75) is 36.7 Å². The molecule has 0 atom stereocenters. The van der Waals surface area contributed by atoms with Gasteiger partial charge in [-0.2, -0.15) is 4.31 Å². The van der Waals surface area contributed by atoms with Crippen LogP contribution in [0.3, 0.4) is 0 Å². The molecular formula is C20H26N4O4S2. The summed E-state index contributed by atoms with van der Waals surface area (Å²) in [4.78, 5) is 33.2. The first-order chi connectivity index (χ1) is 14.3. The lowest BCUT2D eigenvalue weighted by atomic mass is 10.2. The summed E-state index contributed by atoms with van der Waals surface area (Å²) in [5.41, 5.74) is 1.49. The molecule has 0 radical (unpaired) electrons. The smallest absolute Gasteiger partial charge is 0.251 e. The van der Waals surface area contributed by atoms with Gasteiger partial charge in [0.2, 0.25) is 15.9 Å². The molecule has 162 valence electrons. The van der Waals surface area contributed by atoms with E-state index in [1.165, 1.54) is 22.1 Å². The molecule has 3 rings (SSSR count). The fraction of sp³-hybridized carbons (Fsp3) is 0.450. The molecular weight excluding hydrogens is 424 g/mol. The summed E-state index contributed by atoms with van der Waals surface area (Å²) < 4.78 is 27.0. The highest BCUT2D eigenvalue weighted by Crippen LogP contribution is 2.19. The van der Waals surface area contributed by atoms with E-state index in [9.17, 15) is 18.0 Å². The highest BCUT2D eigenvalue weighted by Gasteiger charge is 2.30. The van der Waals surface area contributed by atoms with Gasteiger partial charge in [0.15, 0.2) is 5.16 Å². The number of carbonyl (C=O) groups excluding carboxylic acids is 1. The van der Waals surface area contributed by atoms with Gasteiger partial charge in [0.05, 0.1) is 10.6 Å². The second-order valence-electron chi connectivity index (χ2n) is 7.18. The van der Waals surface area contributed by atoms with Crippen molar-refractivity contribution in [3.63, 3.8) is 0 Å². The molecule has 1 saturated heterocycles. The van der Waals surface area contributed by atoms with E-state index in [2.05, 4.69) is 9.97 Å². The fourth-order valence-corrected chi connectivity index (χ4v) is 5.41. The van der Waals surface area contributed by atoms with E-state index >= 15 is 0 Å². The minimum absolute atomic E-state index is 0.101. The van der Waals surface area contributed by atoms with Crippen LogP contribution < -0.4 is 5.56 Å². The molecule has 1 amide bonds. The molecule has 0 spiro atoms. The number of aromatic nitrogens is 2. The van der Waals surface area contributed by atoms with Gasteiger partial charge in [0.1, 0.15) is 0 Å². The lowest BCUT2D eigenvalue weighted by molar-refractivity contribution is -0.129. The molecule has 1 aromatic heterocycles. The van der Waals surface area contributed by atoms with Gasteiger partial charge in [-0.3, -0.25) is 9.59 Å². The summed E-state index contributed by atoms with van der Waals surface area (Å²) in [5, 5.41) is 0.430. The Morgan fingerprint density at radius 3 is 2.47 bits per heavy atom. The lowest BCUT2D eigenvalue weighted by Crippen LogP contribution is -2.50. The van der Waals surface area contributed by atoms with Crippen LogP contribution in [0, 0.1) is 6.92 Å². The minimum atomic E-state index is -3.56. The minimum Gasteiger partial charge on any atom is -0.339 e. The largest absolute Gasteiger partial charge is 0.339 e. The molecule has 1 aromatic carbocycles. The first kappa shape index (κ1) is 22.5.